The number of pyridine rings is 1. The van der Waals surface area contributed by atoms with Gasteiger partial charge in [-0.25, -0.2) is 0 Å². The zero-order chi connectivity index (χ0) is 14.2. The summed E-state index contributed by atoms with van der Waals surface area (Å²) in [4.78, 5) is 4.47. The van der Waals surface area contributed by atoms with Crippen molar-refractivity contribution in [1.82, 2.24) is 10.3 Å². The van der Waals surface area contributed by atoms with Crippen molar-refractivity contribution in [3.63, 3.8) is 0 Å². The fraction of sp³-hybridized carbons (Fsp3) is 0.500. The highest BCUT2D eigenvalue weighted by Crippen LogP contribution is 2.26. The Bertz CT molecular complexity index is 516. The van der Waals surface area contributed by atoms with Gasteiger partial charge in [0.15, 0.2) is 0 Å². The van der Waals surface area contributed by atoms with Crippen molar-refractivity contribution in [2.45, 2.75) is 52.0 Å². The molecule has 1 N–H and O–H groups in total. The first-order valence-electron chi connectivity index (χ1n) is 7.93. The van der Waals surface area contributed by atoms with Crippen molar-refractivity contribution >= 4 is 10.9 Å². The Labute approximate surface area is 122 Å². The molecule has 0 aliphatic carbocycles. The number of benzene rings is 1. The predicted molar refractivity (Wildman–Crippen MR) is 86.9 cm³/mol. The van der Waals surface area contributed by atoms with Gasteiger partial charge in [-0.05, 0) is 37.1 Å². The summed E-state index contributed by atoms with van der Waals surface area (Å²) in [5.74, 6) is 0. The molecule has 0 saturated carbocycles. The Hall–Kier alpha value is -1.41. The van der Waals surface area contributed by atoms with Gasteiger partial charge in [0.1, 0.15) is 0 Å². The molecule has 2 nitrogen and oxygen atoms in total. The summed E-state index contributed by atoms with van der Waals surface area (Å²) in [6.07, 6.45) is 8.13. The molecule has 0 amide bonds. The van der Waals surface area contributed by atoms with Crippen LogP contribution in [0.2, 0.25) is 0 Å². The molecule has 2 aromatic rings. The lowest BCUT2D eigenvalue weighted by Gasteiger charge is -2.20. The molecule has 2 rings (SSSR count). The fourth-order valence-electron chi connectivity index (χ4n) is 2.72. The molecule has 20 heavy (non-hydrogen) atoms. The Balaban J connectivity index is 2.24. The number of nitrogens with one attached hydrogen (secondary N) is 1. The van der Waals surface area contributed by atoms with Crippen molar-refractivity contribution in [1.29, 1.82) is 0 Å². The maximum absolute atomic E-state index is 4.47. The highest BCUT2D eigenvalue weighted by Gasteiger charge is 2.13. The van der Waals surface area contributed by atoms with Crippen LogP contribution in [0.4, 0.5) is 0 Å². The Morgan fingerprint density at radius 2 is 1.95 bits per heavy atom. The molecule has 0 aliphatic rings. The van der Waals surface area contributed by atoms with Crippen molar-refractivity contribution in [2.24, 2.45) is 0 Å². The molecule has 1 aromatic carbocycles. The first-order valence-corrected chi connectivity index (χ1v) is 7.93. The third kappa shape index (κ3) is 3.80. The number of nitrogens with zero attached hydrogens (tertiary/aromatic N) is 1. The summed E-state index contributed by atoms with van der Waals surface area (Å²) < 4.78 is 0. The van der Waals surface area contributed by atoms with Crippen LogP contribution >= 0.6 is 0 Å². The van der Waals surface area contributed by atoms with E-state index in [0.717, 1.165) is 12.1 Å². The van der Waals surface area contributed by atoms with Crippen LogP contribution in [0.1, 0.15) is 57.6 Å². The first-order chi connectivity index (χ1) is 9.86. The zero-order valence-corrected chi connectivity index (χ0v) is 12.7. The number of rotatable bonds is 8. The van der Waals surface area contributed by atoms with E-state index >= 15 is 0 Å². The molecule has 0 fully saturated rings. The molecule has 1 unspecified atom stereocenters. The van der Waals surface area contributed by atoms with Crippen LogP contribution in [-0.4, -0.2) is 11.5 Å². The first kappa shape index (κ1) is 15.0. The molecular formula is C18H26N2. The highest BCUT2D eigenvalue weighted by atomic mass is 14.9. The molecule has 0 spiro atoms. The van der Waals surface area contributed by atoms with Gasteiger partial charge < -0.3 is 5.32 Å². The molecule has 1 atom stereocenters. The number of aromatic nitrogens is 1. The van der Waals surface area contributed by atoms with Gasteiger partial charge in [0.2, 0.25) is 0 Å². The largest absolute Gasteiger partial charge is 0.310 e. The summed E-state index contributed by atoms with van der Waals surface area (Å²) in [5, 5.41) is 5.00. The van der Waals surface area contributed by atoms with Gasteiger partial charge in [-0.1, -0.05) is 51.3 Å². The second-order valence-electron chi connectivity index (χ2n) is 5.42. The van der Waals surface area contributed by atoms with Crippen molar-refractivity contribution in [3.8, 4) is 0 Å². The lowest BCUT2D eigenvalue weighted by Crippen LogP contribution is -2.22. The van der Waals surface area contributed by atoms with E-state index in [4.69, 9.17) is 0 Å². The summed E-state index contributed by atoms with van der Waals surface area (Å²) in [6.45, 7) is 5.56. The van der Waals surface area contributed by atoms with E-state index in [-0.39, 0.29) is 0 Å². The van der Waals surface area contributed by atoms with Crippen LogP contribution in [0, 0.1) is 0 Å². The van der Waals surface area contributed by atoms with E-state index in [1.807, 2.05) is 12.3 Å². The smallest absolute Gasteiger partial charge is 0.0705 e. The molecule has 108 valence electrons. The number of hydrogen-bond donors (Lipinski definition) is 1. The van der Waals surface area contributed by atoms with E-state index in [9.17, 15) is 0 Å². The Kier molecular flexibility index (Phi) is 6.00. The minimum atomic E-state index is 0.453. The third-order valence-corrected chi connectivity index (χ3v) is 3.79. The highest BCUT2D eigenvalue weighted by molar-refractivity contribution is 5.82. The Morgan fingerprint density at radius 1 is 1.05 bits per heavy atom. The van der Waals surface area contributed by atoms with Gasteiger partial charge in [0.05, 0.1) is 5.52 Å². The summed E-state index contributed by atoms with van der Waals surface area (Å²) in [5.41, 5.74) is 2.50. The quantitative estimate of drug-likeness (QED) is 0.693. The normalized spacial score (nSPS) is 12.7. The molecular weight excluding hydrogens is 244 g/mol. The van der Waals surface area contributed by atoms with Crippen LogP contribution in [0.25, 0.3) is 10.9 Å². The van der Waals surface area contributed by atoms with Crippen LogP contribution in [-0.2, 0) is 0 Å². The average molecular weight is 270 g/mol. The second-order valence-corrected chi connectivity index (χ2v) is 5.42. The molecule has 0 radical (unpaired) electrons. The molecule has 0 aliphatic heterocycles. The molecule has 0 bridgehead atoms. The lowest BCUT2D eigenvalue weighted by atomic mass is 9.96. The standard InChI is InChI=1S/C18H26N2/c1-3-5-6-11-17(19-13-4-2)15-9-7-12-18-16(15)10-8-14-20-18/h7-10,12,14,17,19H,3-6,11,13H2,1-2H3. The molecule has 0 saturated heterocycles. The SMILES string of the molecule is CCCCCC(NCCC)c1cccc2ncccc12. The minimum absolute atomic E-state index is 0.453. The van der Waals surface area contributed by atoms with Gasteiger partial charge >= 0.3 is 0 Å². The molecule has 1 aromatic heterocycles. The Morgan fingerprint density at radius 3 is 2.75 bits per heavy atom. The summed E-state index contributed by atoms with van der Waals surface area (Å²) in [6, 6.07) is 11.2. The van der Waals surface area contributed by atoms with Gasteiger partial charge in [-0.2, -0.15) is 0 Å². The van der Waals surface area contributed by atoms with Crippen LogP contribution in [0.5, 0.6) is 0 Å². The number of fused-ring (bicyclic) bond motifs is 1. The average Bonchev–Trinajstić information content (AvgIpc) is 2.50. The van der Waals surface area contributed by atoms with Crippen LogP contribution in [0.3, 0.4) is 0 Å². The van der Waals surface area contributed by atoms with Crippen molar-refractivity contribution in [3.05, 3.63) is 42.1 Å². The maximum atomic E-state index is 4.47. The predicted octanol–water partition coefficient (Wildman–Crippen LogP) is 4.86. The summed E-state index contributed by atoms with van der Waals surface area (Å²) >= 11 is 0. The van der Waals surface area contributed by atoms with Crippen molar-refractivity contribution in [2.75, 3.05) is 6.54 Å². The maximum Gasteiger partial charge on any atom is 0.0705 e. The zero-order valence-electron chi connectivity index (χ0n) is 12.7. The van der Waals surface area contributed by atoms with E-state index in [0.29, 0.717) is 6.04 Å². The van der Waals surface area contributed by atoms with E-state index in [2.05, 4.69) is 48.4 Å². The third-order valence-electron chi connectivity index (χ3n) is 3.79. The molecule has 1 heterocycles. The second kappa shape index (κ2) is 8.01. The molecule has 2 heteroatoms. The van der Waals surface area contributed by atoms with Gasteiger partial charge in [0, 0.05) is 17.6 Å². The fourth-order valence-corrected chi connectivity index (χ4v) is 2.72. The van der Waals surface area contributed by atoms with E-state index < -0.39 is 0 Å². The lowest BCUT2D eigenvalue weighted by molar-refractivity contribution is 0.477. The van der Waals surface area contributed by atoms with Gasteiger partial charge in [-0.15, -0.1) is 0 Å². The number of unbranched alkanes of at least 4 members (excludes halogenated alkanes) is 2. The monoisotopic (exact) mass is 270 g/mol. The van der Waals surface area contributed by atoms with Crippen molar-refractivity contribution < 1.29 is 0 Å². The number of hydrogen-bond acceptors (Lipinski definition) is 2. The topological polar surface area (TPSA) is 24.9 Å². The van der Waals surface area contributed by atoms with Gasteiger partial charge in [0.25, 0.3) is 0 Å². The van der Waals surface area contributed by atoms with E-state index in [1.54, 1.807) is 0 Å². The van der Waals surface area contributed by atoms with Crippen LogP contribution < -0.4 is 5.32 Å². The summed E-state index contributed by atoms with van der Waals surface area (Å²) in [7, 11) is 0. The minimum Gasteiger partial charge on any atom is -0.310 e. The van der Waals surface area contributed by atoms with E-state index in [1.165, 1.54) is 43.1 Å². The van der Waals surface area contributed by atoms with Crippen LogP contribution in [0.15, 0.2) is 36.5 Å². The van der Waals surface area contributed by atoms with Gasteiger partial charge in [-0.3, -0.25) is 4.98 Å².